The molecule has 0 aliphatic carbocycles. The lowest BCUT2D eigenvalue weighted by molar-refractivity contribution is -0.116. The van der Waals surface area contributed by atoms with E-state index in [1.807, 2.05) is 6.92 Å². The monoisotopic (exact) mass is 274 g/mol. The van der Waals surface area contributed by atoms with Gasteiger partial charge in [0, 0.05) is 11.4 Å². The summed E-state index contributed by atoms with van der Waals surface area (Å²) in [5.74, 6) is 0.269. The number of halogens is 2. The highest BCUT2D eigenvalue weighted by Crippen LogP contribution is 2.25. The predicted molar refractivity (Wildman–Crippen MR) is 72.5 cm³/mol. The minimum Gasteiger partial charge on any atom is -0.330 e. The number of hydrogen-bond acceptors (Lipinski definition) is 2. The number of nitrogens with two attached hydrogens (primary N) is 1. The van der Waals surface area contributed by atoms with Gasteiger partial charge in [-0.3, -0.25) is 4.79 Å². The van der Waals surface area contributed by atoms with Gasteiger partial charge in [0.1, 0.15) is 0 Å². The first-order valence-corrected chi connectivity index (χ1v) is 6.23. The first-order valence-electron chi connectivity index (χ1n) is 5.48. The molecule has 1 atom stereocenters. The van der Waals surface area contributed by atoms with Crippen molar-refractivity contribution in [3.63, 3.8) is 0 Å². The molecule has 0 saturated carbocycles. The van der Waals surface area contributed by atoms with E-state index in [2.05, 4.69) is 5.32 Å². The third-order valence-electron chi connectivity index (χ3n) is 2.47. The van der Waals surface area contributed by atoms with Crippen LogP contribution in [-0.4, -0.2) is 12.5 Å². The molecule has 0 aliphatic heterocycles. The fourth-order valence-electron chi connectivity index (χ4n) is 1.30. The van der Waals surface area contributed by atoms with Crippen LogP contribution in [-0.2, 0) is 4.79 Å². The second-order valence-electron chi connectivity index (χ2n) is 4.05. The third-order valence-corrected chi connectivity index (χ3v) is 3.03. The van der Waals surface area contributed by atoms with Gasteiger partial charge in [-0.2, -0.15) is 0 Å². The zero-order chi connectivity index (χ0) is 12.8. The second-order valence-corrected chi connectivity index (χ2v) is 4.90. The average Bonchev–Trinajstić information content (AvgIpc) is 2.30. The molecule has 0 spiro atoms. The normalized spacial score (nSPS) is 12.2. The molecule has 94 valence electrons. The number of hydrogen-bond donors (Lipinski definition) is 2. The van der Waals surface area contributed by atoms with E-state index in [4.69, 9.17) is 28.9 Å². The lowest BCUT2D eigenvalue weighted by Crippen LogP contribution is -2.16. The van der Waals surface area contributed by atoms with Crippen LogP contribution in [0, 0.1) is 5.92 Å². The molecule has 3 nitrogen and oxygen atoms in total. The van der Waals surface area contributed by atoms with E-state index in [0.29, 0.717) is 34.6 Å². The number of rotatable bonds is 5. The van der Waals surface area contributed by atoms with Gasteiger partial charge in [0.05, 0.1) is 10.7 Å². The van der Waals surface area contributed by atoms with Crippen molar-refractivity contribution in [2.24, 2.45) is 11.7 Å². The summed E-state index contributed by atoms with van der Waals surface area (Å²) in [6.45, 7) is 2.60. The fourth-order valence-corrected chi connectivity index (χ4v) is 1.64. The lowest BCUT2D eigenvalue weighted by atomic mass is 10.1. The van der Waals surface area contributed by atoms with Crippen molar-refractivity contribution in [3.8, 4) is 0 Å². The number of anilines is 1. The van der Waals surface area contributed by atoms with Gasteiger partial charge in [0.15, 0.2) is 0 Å². The van der Waals surface area contributed by atoms with E-state index in [0.717, 1.165) is 6.42 Å². The van der Waals surface area contributed by atoms with Crippen molar-refractivity contribution in [3.05, 3.63) is 28.2 Å². The Morgan fingerprint density at radius 1 is 1.47 bits per heavy atom. The summed E-state index contributed by atoms with van der Waals surface area (Å²) >= 11 is 11.8. The van der Waals surface area contributed by atoms with Crippen LogP contribution >= 0.6 is 23.2 Å². The smallest absolute Gasteiger partial charge is 0.224 e. The molecule has 1 unspecified atom stereocenters. The summed E-state index contributed by atoms with van der Waals surface area (Å²) in [5.41, 5.74) is 6.03. The second kappa shape index (κ2) is 6.84. The molecule has 0 radical (unpaired) electrons. The van der Waals surface area contributed by atoms with Crippen LogP contribution in [0.2, 0.25) is 10.0 Å². The molecule has 5 heteroatoms. The first kappa shape index (κ1) is 14.3. The highest BCUT2D eigenvalue weighted by molar-refractivity contribution is 6.35. The summed E-state index contributed by atoms with van der Waals surface area (Å²) in [6, 6.07) is 4.96. The largest absolute Gasteiger partial charge is 0.330 e. The molecular weight excluding hydrogens is 259 g/mol. The van der Waals surface area contributed by atoms with E-state index in [1.54, 1.807) is 18.2 Å². The summed E-state index contributed by atoms with van der Waals surface area (Å²) in [4.78, 5) is 11.6. The summed E-state index contributed by atoms with van der Waals surface area (Å²) < 4.78 is 0. The van der Waals surface area contributed by atoms with Crippen LogP contribution < -0.4 is 11.1 Å². The van der Waals surface area contributed by atoms with Crippen molar-refractivity contribution >= 4 is 34.8 Å². The Kier molecular flexibility index (Phi) is 5.75. The van der Waals surface area contributed by atoms with Crippen molar-refractivity contribution in [2.75, 3.05) is 11.9 Å². The molecule has 1 rings (SSSR count). The van der Waals surface area contributed by atoms with Gasteiger partial charge in [-0.15, -0.1) is 0 Å². The molecule has 0 fully saturated rings. The van der Waals surface area contributed by atoms with Gasteiger partial charge in [-0.25, -0.2) is 0 Å². The Morgan fingerprint density at radius 3 is 2.82 bits per heavy atom. The Labute approximate surface area is 111 Å². The van der Waals surface area contributed by atoms with Crippen LogP contribution in [0.1, 0.15) is 19.8 Å². The Hall–Kier alpha value is -0.770. The molecule has 0 bridgehead atoms. The Morgan fingerprint density at radius 2 is 2.18 bits per heavy atom. The third kappa shape index (κ3) is 4.94. The zero-order valence-corrected chi connectivity index (χ0v) is 11.2. The molecule has 17 heavy (non-hydrogen) atoms. The first-order chi connectivity index (χ1) is 8.02. The summed E-state index contributed by atoms with van der Waals surface area (Å²) in [5, 5.41) is 3.76. The maximum absolute atomic E-state index is 11.6. The van der Waals surface area contributed by atoms with Crippen LogP contribution in [0.15, 0.2) is 18.2 Å². The van der Waals surface area contributed by atoms with E-state index in [9.17, 15) is 4.79 Å². The molecule has 0 aliphatic rings. The lowest BCUT2D eigenvalue weighted by Gasteiger charge is -2.10. The number of carbonyl (C=O) groups is 1. The molecule has 1 amide bonds. The van der Waals surface area contributed by atoms with Crippen molar-refractivity contribution < 1.29 is 4.79 Å². The maximum atomic E-state index is 11.6. The quantitative estimate of drug-likeness (QED) is 0.866. The van der Waals surface area contributed by atoms with Crippen LogP contribution in [0.5, 0.6) is 0 Å². The minimum absolute atomic E-state index is 0.0746. The highest BCUT2D eigenvalue weighted by atomic mass is 35.5. The molecule has 1 aromatic rings. The van der Waals surface area contributed by atoms with Gasteiger partial charge in [0.25, 0.3) is 0 Å². The van der Waals surface area contributed by atoms with Crippen molar-refractivity contribution in [1.29, 1.82) is 0 Å². The Balaban J connectivity index is 2.53. The molecule has 0 heterocycles. The predicted octanol–water partition coefficient (Wildman–Crippen LogP) is 3.31. The van der Waals surface area contributed by atoms with Crippen LogP contribution in [0.4, 0.5) is 5.69 Å². The SMILES string of the molecule is CC(CN)CCC(=O)Nc1cc(Cl)ccc1Cl. The summed E-state index contributed by atoms with van der Waals surface area (Å²) in [6.07, 6.45) is 1.20. The molecule has 3 N–H and O–H groups in total. The molecular formula is C12H16Cl2N2O. The molecule has 1 aromatic carbocycles. The summed E-state index contributed by atoms with van der Waals surface area (Å²) in [7, 11) is 0. The van der Waals surface area contributed by atoms with E-state index >= 15 is 0 Å². The fraction of sp³-hybridized carbons (Fsp3) is 0.417. The van der Waals surface area contributed by atoms with Crippen LogP contribution in [0.3, 0.4) is 0 Å². The topological polar surface area (TPSA) is 55.1 Å². The number of nitrogens with one attached hydrogen (secondary N) is 1. The minimum atomic E-state index is -0.0746. The van der Waals surface area contributed by atoms with Gasteiger partial charge in [0.2, 0.25) is 5.91 Å². The van der Waals surface area contributed by atoms with E-state index in [1.165, 1.54) is 0 Å². The van der Waals surface area contributed by atoms with E-state index in [-0.39, 0.29) is 5.91 Å². The van der Waals surface area contributed by atoms with Gasteiger partial charge in [-0.05, 0) is 37.1 Å². The number of benzene rings is 1. The standard InChI is InChI=1S/C12H16Cl2N2O/c1-8(7-15)2-5-12(17)16-11-6-9(13)3-4-10(11)14/h3-4,6,8H,2,5,7,15H2,1H3,(H,16,17). The number of carbonyl (C=O) groups excluding carboxylic acids is 1. The van der Waals surface area contributed by atoms with Crippen LogP contribution in [0.25, 0.3) is 0 Å². The highest BCUT2D eigenvalue weighted by Gasteiger charge is 2.08. The van der Waals surface area contributed by atoms with Gasteiger partial charge < -0.3 is 11.1 Å². The Bertz CT molecular complexity index is 396. The molecule has 0 saturated heterocycles. The zero-order valence-electron chi connectivity index (χ0n) is 9.67. The van der Waals surface area contributed by atoms with Crippen molar-refractivity contribution in [1.82, 2.24) is 0 Å². The van der Waals surface area contributed by atoms with Gasteiger partial charge in [-0.1, -0.05) is 30.1 Å². The number of amides is 1. The van der Waals surface area contributed by atoms with E-state index < -0.39 is 0 Å². The maximum Gasteiger partial charge on any atom is 0.224 e. The average molecular weight is 275 g/mol. The molecule has 0 aromatic heterocycles. The van der Waals surface area contributed by atoms with Gasteiger partial charge >= 0.3 is 0 Å². The van der Waals surface area contributed by atoms with Crippen molar-refractivity contribution in [2.45, 2.75) is 19.8 Å².